The van der Waals surface area contributed by atoms with Gasteiger partial charge in [0, 0.05) is 18.8 Å². The second-order valence-electron chi connectivity index (χ2n) is 7.82. The van der Waals surface area contributed by atoms with Gasteiger partial charge in [0.25, 0.3) is 24.7 Å². The topological polar surface area (TPSA) is 91.0 Å². The van der Waals surface area contributed by atoms with Crippen molar-refractivity contribution < 1.29 is 41.1 Å². The first kappa shape index (κ1) is 28.8. The maximum atomic E-state index is 14.7. The Bertz CT molecular complexity index is 1110. The van der Waals surface area contributed by atoms with Gasteiger partial charge in [-0.25, -0.2) is 22.0 Å². The lowest BCUT2D eigenvalue weighted by molar-refractivity contribution is -0.126. The quantitative estimate of drug-likeness (QED) is 0.405. The van der Waals surface area contributed by atoms with Crippen LogP contribution in [0.4, 0.5) is 33.3 Å². The van der Waals surface area contributed by atoms with Gasteiger partial charge in [-0.2, -0.15) is 0 Å². The SMILES string of the molecule is O=C(NC[C@H](C(=O)Nc1ccc(N2CCOCC2=O)c(F)c1)N(CC(F)F)CC(F)F)c1ccc(Cl)s1. The average molecular weight is 569 g/mol. The Morgan fingerprint density at radius 2 is 1.84 bits per heavy atom. The zero-order valence-electron chi connectivity index (χ0n) is 19.1. The predicted molar refractivity (Wildman–Crippen MR) is 127 cm³/mol. The Balaban J connectivity index is 1.79. The minimum Gasteiger partial charge on any atom is -0.370 e. The Morgan fingerprint density at radius 3 is 2.41 bits per heavy atom. The van der Waals surface area contributed by atoms with Crippen molar-refractivity contribution in [1.29, 1.82) is 0 Å². The second-order valence-corrected chi connectivity index (χ2v) is 9.53. The van der Waals surface area contributed by atoms with Crippen LogP contribution in [0.15, 0.2) is 30.3 Å². The van der Waals surface area contributed by atoms with Crippen LogP contribution in [0.3, 0.4) is 0 Å². The van der Waals surface area contributed by atoms with Gasteiger partial charge in [-0.3, -0.25) is 19.3 Å². The lowest BCUT2D eigenvalue weighted by atomic mass is 10.2. The molecule has 2 aromatic rings. The van der Waals surface area contributed by atoms with E-state index in [0.717, 1.165) is 17.4 Å². The highest BCUT2D eigenvalue weighted by Crippen LogP contribution is 2.25. The minimum absolute atomic E-state index is 0.0539. The highest BCUT2D eigenvalue weighted by atomic mass is 35.5. The maximum absolute atomic E-state index is 14.7. The van der Waals surface area contributed by atoms with Crippen molar-refractivity contribution in [1.82, 2.24) is 10.2 Å². The molecule has 0 unspecified atom stereocenters. The first-order valence-electron chi connectivity index (χ1n) is 10.9. The Hall–Kier alpha value is -2.81. The van der Waals surface area contributed by atoms with Gasteiger partial charge in [-0.15, -0.1) is 11.3 Å². The third kappa shape index (κ3) is 8.09. The molecule has 3 rings (SSSR count). The number of anilines is 2. The van der Waals surface area contributed by atoms with Gasteiger partial charge >= 0.3 is 0 Å². The lowest BCUT2D eigenvalue weighted by Gasteiger charge is -2.30. The summed E-state index contributed by atoms with van der Waals surface area (Å²) in [5.74, 6) is -3.03. The minimum atomic E-state index is -3.05. The number of carbonyl (C=O) groups is 3. The molecule has 1 aliphatic rings. The molecule has 0 bridgehead atoms. The normalized spacial score (nSPS) is 14.9. The molecule has 0 aliphatic carbocycles. The summed E-state index contributed by atoms with van der Waals surface area (Å²) in [4.78, 5) is 39.2. The van der Waals surface area contributed by atoms with E-state index < -0.39 is 62.1 Å². The van der Waals surface area contributed by atoms with E-state index in [1.807, 2.05) is 0 Å². The molecule has 0 saturated carbocycles. The zero-order chi connectivity index (χ0) is 27.1. The van der Waals surface area contributed by atoms with E-state index in [4.69, 9.17) is 16.3 Å². The van der Waals surface area contributed by atoms with E-state index in [-0.39, 0.29) is 36.0 Å². The lowest BCUT2D eigenvalue weighted by Crippen LogP contribution is -2.53. The summed E-state index contributed by atoms with van der Waals surface area (Å²) in [5.41, 5.74) is -0.163. The van der Waals surface area contributed by atoms with E-state index >= 15 is 0 Å². The largest absolute Gasteiger partial charge is 0.370 e. The summed E-state index contributed by atoms with van der Waals surface area (Å²) in [7, 11) is 0. The number of alkyl halides is 4. The number of ether oxygens (including phenoxy) is 1. The van der Waals surface area contributed by atoms with Crippen LogP contribution in [0.1, 0.15) is 9.67 Å². The fraction of sp³-hybridized carbons (Fsp3) is 0.409. The molecule has 8 nitrogen and oxygen atoms in total. The monoisotopic (exact) mass is 568 g/mol. The average Bonchev–Trinajstić information content (AvgIpc) is 3.25. The highest BCUT2D eigenvalue weighted by Gasteiger charge is 2.31. The van der Waals surface area contributed by atoms with Gasteiger partial charge in [-0.05, 0) is 30.3 Å². The molecule has 0 spiro atoms. The smallest absolute Gasteiger partial charge is 0.261 e. The Labute approximate surface area is 217 Å². The standard InChI is InChI=1S/C22H22ClF5N4O4S/c23-17-4-3-16(37-17)22(35)29-8-15(31(9-18(25)26)10-19(27)28)21(34)30-12-1-2-14(13(24)7-12)32-5-6-36-11-20(32)33/h1-4,7,15,18-19H,5-6,8-11H2,(H,29,35)(H,30,34)/t15-/m1/s1. The van der Waals surface area contributed by atoms with Crippen LogP contribution in [0, 0.1) is 5.82 Å². The van der Waals surface area contributed by atoms with E-state index in [1.54, 1.807) is 0 Å². The van der Waals surface area contributed by atoms with Crippen LogP contribution in [0.25, 0.3) is 0 Å². The molecule has 15 heteroatoms. The molecular formula is C22H22ClF5N4O4S. The van der Waals surface area contributed by atoms with E-state index in [1.165, 1.54) is 29.2 Å². The van der Waals surface area contributed by atoms with Gasteiger partial charge in [-0.1, -0.05) is 11.6 Å². The summed E-state index contributed by atoms with van der Waals surface area (Å²) < 4.78 is 72.7. The van der Waals surface area contributed by atoms with Gasteiger partial charge < -0.3 is 20.3 Å². The molecule has 1 atom stereocenters. The zero-order valence-corrected chi connectivity index (χ0v) is 20.6. The van der Waals surface area contributed by atoms with Gasteiger partial charge in [0.15, 0.2) is 0 Å². The predicted octanol–water partition coefficient (Wildman–Crippen LogP) is 3.47. The van der Waals surface area contributed by atoms with Gasteiger partial charge in [0.2, 0.25) is 5.91 Å². The molecule has 37 heavy (non-hydrogen) atoms. The van der Waals surface area contributed by atoms with Gasteiger partial charge in [0.05, 0.1) is 34.6 Å². The number of nitrogens with one attached hydrogen (secondary N) is 2. The summed E-state index contributed by atoms with van der Waals surface area (Å²) in [5, 5.41) is 4.68. The number of carbonyl (C=O) groups excluding carboxylic acids is 3. The van der Waals surface area contributed by atoms with E-state index in [9.17, 15) is 36.3 Å². The second kappa shape index (κ2) is 13.1. The van der Waals surface area contributed by atoms with Crippen molar-refractivity contribution in [2.24, 2.45) is 0 Å². The number of benzene rings is 1. The summed E-state index contributed by atoms with van der Waals surface area (Å²) in [6, 6.07) is 4.62. The number of rotatable bonds is 11. The molecule has 0 radical (unpaired) electrons. The Morgan fingerprint density at radius 1 is 1.14 bits per heavy atom. The number of hydrogen-bond acceptors (Lipinski definition) is 6. The molecule has 3 amide bonds. The Kier molecular flexibility index (Phi) is 10.2. The van der Waals surface area contributed by atoms with Crippen molar-refractivity contribution in [3.05, 3.63) is 45.4 Å². The molecule has 1 aliphatic heterocycles. The van der Waals surface area contributed by atoms with Crippen molar-refractivity contribution >= 4 is 52.0 Å². The molecule has 2 heterocycles. The number of nitrogens with zero attached hydrogens (tertiary/aromatic N) is 2. The number of thiophene rings is 1. The molecule has 202 valence electrons. The van der Waals surface area contributed by atoms with E-state index in [2.05, 4.69) is 10.6 Å². The number of morpholine rings is 1. The summed E-state index contributed by atoms with van der Waals surface area (Å²) >= 11 is 6.72. The van der Waals surface area contributed by atoms with Gasteiger partial charge in [0.1, 0.15) is 18.5 Å². The van der Waals surface area contributed by atoms with Crippen LogP contribution in [0.5, 0.6) is 0 Å². The molecule has 1 aromatic carbocycles. The maximum Gasteiger partial charge on any atom is 0.261 e. The third-order valence-electron chi connectivity index (χ3n) is 5.23. The fourth-order valence-corrected chi connectivity index (χ4v) is 4.55. The first-order valence-corrected chi connectivity index (χ1v) is 12.1. The third-order valence-corrected chi connectivity index (χ3v) is 6.46. The molecule has 1 saturated heterocycles. The molecule has 1 fully saturated rings. The molecular weight excluding hydrogens is 547 g/mol. The van der Waals surface area contributed by atoms with Crippen molar-refractivity contribution in [2.75, 3.05) is 49.6 Å². The number of hydrogen-bond donors (Lipinski definition) is 2. The highest BCUT2D eigenvalue weighted by molar-refractivity contribution is 7.18. The van der Waals surface area contributed by atoms with Crippen LogP contribution < -0.4 is 15.5 Å². The molecule has 2 N–H and O–H groups in total. The van der Waals surface area contributed by atoms with Crippen LogP contribution in [-0.2, 0) is 14.3 Å². The van der Waals surface area contributed by atoms with E-state index in [0.29, 0.717) is 9.24 Å². The fourth-order valence-electron chi connectivity index (χ4n) is 3.59. The van der Waals surface area contributed by atoms with Crippen LogP contribution in [-0.4, -0.2) is 80.9 Å². The van der Waals surface area contributed by atoms with Crippen LogP contribution >= 0.6 is 22.9 Å². The van der Waals surface area contributed by atoms with Crippen LogP contribution in [0.2, 0.25) is 4.34 Å². The van der Waals surface area contributed by atoms with Crippen molar-refractivity contribution in [3.8, 4) is 0 Å². The first-order chi connectivity index (χ1) is 17.5. The molecule has 1 aromatic heterocycles. The summed E-state index contributed by atoms with van der Waals surface area (Å²) in [6.45, 7) is -2.82. The number of halogens is 6. The van der Waals surface area contributed by atoms with Crippen molar-refractivity contribution in [3.63, 3.8) is 0 Å². The number of amides is 3. The summed E-state index contributed by atoms with van der Waals surface area (Å²) in [6.07, 6.45) is -6.10. The van der Waals surface area contributed by atoms with Crippen molar-refractivity contribution in [2.45, 2.75) is 18.9 Å².